The molecule has 0 saturated carbocycles. The van der Waals surface area contributed by atoms with E-state index in [1.165, 1.54) is 5.56 Å². The van der Waals surface area contributed by atoms with Crippen molar-refractivity contribution in [3.8, 4) is 5.88 Å². The molecular formula is C28H28BrN3O3. The summed E-state index contributed by atoms with van der Waals surface area (Å²) in [4.78, 5) is 19.0. The zero-order valence-corrected chi connectivity index (χ0v) is 21.3. The SMILES string of the molecule is CCNC(C)c1ccc(N=C(c2ccc(CCC(=O)O)cc2)c2c(O)[nH]c3cc(Br)ccc23)cc1. The molecule has 4 N–H and O–H groups in total. The van der Waals surface area contributed by atoms with Gasteiger partial charge in [0.05, 0.1) is 22.5 Å². The van der Waals surface area contributed by atoms with Crippen molar-refractivity contribution in [2.24, 2.45) is 4.99 Å². The summed E-state index contributed by atoms with van der Waals surface area (Å²) in [5.41, 5.74) is 5.76. The predicted molar refractivity (Wildman–Crippen MR) is 144 cm³/mol. The van der Waals surface area contributed by atoms with E-state index in [1.807, 2.05) is 54.6 Å². The number of aromatic nitrogens is 1. The molecule has 7 heteroatoms. The third-order valence-electron chi connectivity index (χ3n) is 5.98. The van der Waals surface area contributed by atoms with Crippen molar-refractivity contribution in [2.75, 3.05) is 6.54 Å². The van der Waals surface area contributed by atoms with Gasteiger partial charge in [-0.1, -0.05) is 65.3 Å². The first-order valence-corrected chi connectivity index (χ1v) is 12.4. The molecule has 0 amide bonds. The third kappa shape index (κ3) is 5.81. The van der Waals surface area contributed by atoms with Crippen LogP contribution in [0.4, 0.5) is 5.69 Å². The first-order chi connectivity index (χ1) is 16.9. The van der Waals surface area contributed by atoms with Crippen molar-refractivity contribution in [1.29, 1.82) is 0 Å². The molecule has 0 radical (unpaired) electrons. The number of carboxylic acid groups (broad SMARTS) is 1. The Morgan fingerprint density at radius 1 is 1.09 bits per heavy atom. The second-order valence-corrected chi connectivity index (χ2v) is 9.38. The van der Waals surface area contributed by atoms with Gasteiger partial charge in [-0.15, -0.1) is 0 Å². The highest BCUT2D eigenvalue weighted by Crippen LogP contribution is 2.33. The summed E-state index contributed by atoms with van der Waals surface area (Å²) in [6, 6.07) is 21.8. The second-order valence-electron chi connectivity index (χ2n) is 8.46. The van der Waals surface area contributed by atoms with Crippen LogP contribution in [0.3, 0.4) is 0 Å². The molecule has 4 aromatic rings. The molecule has 4 rings (SSSR count). The first kappa shape index (κ1) is 24.7. The van der Waals surface area contributed by atoms with Gasteiger partial charge in [-0.05, 0) is 55.3 Å². The molecule has 0 fully saturated rings. The van der Waals surface area contributed by atoms with E-state index < -0.39 is 5.97 Å². The Balaban J connectivity index is 1.79. The number of rotatable bonds is 9. The number of carbonyl (C=O) groups is 1. The number of H-pyrrole nitrogens is 1. The maximum Gasteiger partial charge on any atom is 0.303 e. The third-order valence-corrected chi connectivity index (χ3v) is 6.47. The number of aromatic hydroxyl groups is 1. The molecular weight excluding hydrogens is 506 g/mol. The molecule has 0 spiro atoms. The summed E-state index contributed by atoms with van der Waals surface area (Å²) >= 11 is 3.49. The summed E-state index contributed by atoms with van der Waals surface area (Å²) in [6.07, 6.45) is 0.538. The molecule has 0 aliphatic heterocycles. The van der Waals surface area contributed by atoms with Gasteiger partial charge in [0.1, 0.15) is 0 Å². The van der Waals surface area contributed by atoms with Crippen molar-refractivity contribution in [3.05, 3.63) is 93.5 Å². The number of nitrogens with zero attached hydrogens (tertiary/aromatic N) is 1. The minimum Gasteiger partial charge on any atom is -0.494 e. The van der Waals surface area contributed by atoms with Gasteiger partial charge in [-0.3, -0.25) is 4.79 Å². The minimum atomic E-state index is -0.821. The van der Waals surface area contributed by atoms with Crippen molar-refractivity contribution in [3.63, 3.8) is 0 Å². The van der Waals surface area contributed by atoms with Crippen molar-refractivity contribution in [2.45, 2.75) is 32.7 Å². The number of aryl methyl sites for hydroxylation is 1. The Labute approximate surface area is 212 Å². The molecule has 1 heterocycles. The van der Waals surface area contributed by atoms with E-state index in [1.54, 1.807) is 0 Å². The zero-order valence-electron chi connectivity index (χ0n) is 19.7. The molecule has 1 aromatic heterocycles. The van der Waals surface area contributed by atoms with Crippen LogP contribution in [0.2, 0.25) is 0 Å². The van der Waals surface area contributed by atoms with Crippen LogP contribution in [0.25, 0.3) is 10.9 Å². The average Bonchev–Trinajstić information content (AvgIpc) is 3.16. The van der Waals surface area contributed by atoms with Crippen LogP contribution in [0.5, 0.6) is 5.88 Å². The maximum atomic E-state index is 10.9. The van der Waals surface area contributed by atoms with Crippen LogP contribution < -0.4 is 5.32 Å². The standard InChI is InChI=1S/C28H28BrN3O3/c1-3-30-17(2)19-9-12-22(13-10-19)31-27(20-7-4-18(5-8-20)6-15-25(33)34)26-23-14-11-21(29)16-24(23)32-28(26)35/h4-5,7-14,16-17,30,32,35H,3,6,15H2,1-2H3,(H,33,34). The summed E-state index contributed by atoms with van der Waals surface area (Å²) in [7, 11) is 0. The van der Waals surface area contributed by atoms with E-state index >= 15 is 0 Å². The number of fused-ring (bicyclic) bond motifs is 1. The summed E-state index contributed by atoms with van der Waals surface area (Å²) in [5.74, 6) is -0.776. The summed E-state index contributed by atoms with van der Waals surface area (Å²) in [6.45, 7) is 5.10. The number of aromatic amines is 1. The molecule has 1 atom stereocenters. The van der Waals surface area contributed by atoms with Crippen molar-refractivity contribution >= 4 is 44.2 Å². The lowest BCUT2D eigenvalue weighted by Crippen LogP contribution is -2.17. The van der Waals surface area contributed by atoms with E-state index in [2.05, 4.69) is 52.2 Å². The molecule has 3 aromatic carbocycles. The predicted octanol–water partition coefficient (Wildman–Crippen LogP) is 6.49. The zero-order chi connectivity index (χ0) is 24.9. The first-order valence-electron chi connectivity index (χ1n) is 11.6. The molecule has 0 aliphatic rings. The second kappa shape index (κ2) is 10.9. The lowest BCUT2D eigenvalue weighted by molar-refractivity contribution is -0.136. The Morgan fingerprint density at radius 2 is 1.80 bits per heavy atom. The van der Waals surface area contributed by atoms with E-state index in [0.29, 0.717) is 17.7 Å². The summed E-state index contributed by atoms with van der Waals surface area (Å²) < 4.78 is 0.907. The topological polar surface area (TPSA) is 97.7 Å². The highest BCUT2D eigenvalue weighted by atomic mass is 79.9. The molecule has 0 bridgehead atoms. The fourth-order valence-electron chi connectivity index (χ4n) is 4.13. The van der Waals surface area contributed by atoms with Gasteiger partial charge in [-0.2, -0.15) is 0 Å². The van der Waals surface area contributed by atoms with Crippen LogP contribution in [0, 0.1) is 0 Å². The Morgan fingerprint density at radius 3 is 2.46 bits per heavy atom. The van der Waals surface area contributed by atoms with E-state index in [9.17, 15) is 9.90 Å². The molecule has 0 aliphatic carbocycles. The van der Waals surface area contributed by atoms with Crippen molar-refractivity contribution in [1.82, 2.24) is 10.3 Å². The van der Waals surface area contributed by atoms with Crippen LogP contribution >= 0.6 is 15.9 Å². The lowest BCUT2D eigenvalue weighted by atomic mass is 9.98. The van der Waals surface area contributed by atoms with Gasteiger partial charge in [0.2, 0.25) is 0 Å². The van der Waals surface area contributed by atoms with E-state index in [-0.39, 0.29) is 18.3 Å². The number of aliphatic imine (C=N–C) groups is 1. The highest BCUT2D eigenvalue weighted by molar-refractivity contribution is 9.10. The number of hydrogen-bond acceptors (Lipinski definition) is 4. The molecule has 6 nitrogen and oxygen atoms in total. The van der Waals surface area contributed by atoms with Crippen molar-refractivity contribution < 1.29 is 15.0 Å². The average molecular weight is 534 g/mol. The Bertz CT molecular complexity index is 1360. The molecule has 1 unspecified atom stereocenters. The number of benzene rings is 3. The molecule has 35 heavy (non-hydrogen) atoms. The quantitative estimate of drug-likeness (QED) is 0.185. The van der Waals surface area contributed by atoms with Gasteiger partial charge in [0, 0.05) is 27.9 Å². The van der Waals surface area contributed by atoms with E-state index in [4.69, 9.17) is 10.1 Å². The fourth-order valence-corrected chi connectivity index (χ4v) is 4.49. The number of halogens is 1. The van der Waals surface area contributed by atoms with Crippen LogP contribution in [0.15, 0.2) is 76.2 Å². The Kier molecular flexibility index (Phi) is 7.68. The normalized spacial score (nSPS) is 12.7. The van der Waals surface area contributed by atoms with Crippen LogP contribution in [0.1, 0.15) is 48.6 Å². The molecule has 180 valence electrons. The van der Waals surface area contributed by atoms with Gasteiger partial charge >= 0.3 is 5.97 Å². The van der Waals surface area contributed by atoms with Gasteiger partial charge < -0.3 is 20.5 Å². The van der Waals surface area contributed by atoms with Crippen LogP contribution in [-0.4, -0.2) is 33.4 Å². The number of nitrogens with one attached hydrogen (secondary N) is 2. The number of carboxylic acids is 1. The van der Waals surface area contributed by atoms with Gasteiger partial charge in [0.25, 0.3) is 0 Å². The summed E-state index contributed by atoms with van der Waals surface area (Å²) in [5, 5.41) is 24.1. The highest BCUT2D eigenvalue weighted by Gasteiger charge is 2.19. The van der Waals surface area contributed by atoms with Gasteiger partial charge in [0.15, 0.2) is 5.88 Å². The number of hydrogen-bond donors (Lipinski definition) is 4. The Hall–Kier alpha value is -3.42. The number of aliphatic carboxylic acids is 1. The fraction of sp³-hybridized carbons (Fsp3) is 0.214. The minimum absolute atomic E-state index is 0.0455. The monoisotopic (exact) mass is 533 g/mol. The maximum absolute atomic E-state index is 10.9. The van der Waals surface area contributed by atoms with Crippen LogP contribution in [-0.2, 0) is 11.2 Å². The smallest absolute Gasteiger partial charge is 0.303 e. The molecule has 0 saturated heterocycles. The largest absolute Gasteiger partial charge is 0.494 e. The van der Waals surface area contributed by atoms with E-state index in [0.717, 1.165) is 38.7 Å². The van der Waals surface area contributed by atoms with Gasteiger partial charge in [-0.25, -0.2) is 4.99 Å². The lowest BCUT2D eigenvalue weighted by Gasteiger charge is -2.13.